The van der Waals surface area contributed by atoms with Gasteiger partial charge < -0.3 is 10.1 Å². The van der Waals surface area contributed by atoms with E-state index >= 15 is 0 Å². The summed E-state index contributed by atoms with van der Waals surface area (Å²) in [6.45, 7) is 10.6. The van der Waals surface area contributed by atoms with Crippen molar-refractivity contribution in [1.29, 1.82) is 0 Å². The van der Waals surface area contributed by atoms with Crippen LogP contribution in [0.2, 0.25) is 0 Å². The van der Waals surface area contributed by atoms with Crippen LogP contribution >= 0.6 is 12.2 Å². The van der Waals surface area contributed by atoms with Crippen LogP contribution in [-0.4, -0.2) is 40.2 Å². The molecule has 0 aromatic carbocycles. The number of rotatable bonds is 0. The third kappa shape index (κ3) is 3.33. The Kier molecular flexibility index (Phi) is 3.47. The highest BCUT2D eigenvalue weighted by molar-refractivity contribution is 7.80. The Hall–Kier alpha value is -0.840. The lowest BCUT2D eigenvalue weighted by Gasteiger charge is -2.43. The van der Waals surface area contributed by atoms with Gasteiger partial charge in [0.1, 0.15) is 5.60 Å². The van der Waals surface area contributed by atoms with Crippen molar-refractivity contribution in [1.82, 2.24) is 10.2 Å². The van der Waals surface area contributed by atoms with Crippen molar-refractivity contribution in [3.8, 4) is 0 Å². The van der Waals surface area contributed by atoms with Crippen LogP contribution in [0.5, 0.6) is 0 Å². The van der Waals surface area contributed by atoms with Gasteiger partial charge in [-0.15, -0.1) is 0 Å². The summed E-state index contributed by atoms with van der Waals surface area (Å²) in [6, 6.07) is 0. The molecule has 1 N–H and O–H groups in total. The monoisotopic (exact) mass is 244 g/mol. The van der Waals surface area contributed by atoms with Gasteiger partial charge >= 0.3 is 6.09 Å². The Morgan fingerprint density at radius 1 is 1.50 bits per heavy atom. The van der Waals surface area contributed by atoms with Gasteiger partial charge in [0.25, 0.3) is 0 Å². The number of hydrogen-bond donors (Lipinski definition) is 1. The summed E-state index contributed by atoms with van der Waals surface area (Å²) in [5, 5.41) is 3.10. The second-order valence-corrected chi connectivity index (χ2v) is 6.15. The first-order valence-corrected chi connectivity index (χ1v) is 5.80. The molecule has 0 spiro atoms. The Morgan fingerprint density at radius 2 is 2.06 bits per heavy atom. The molecule has 0 radical (unpaired) electrons. The minimum absolute atomic E-state index is 0.273. The molecule has 16 heavy (non-hydrogen) atoms. The lowest BCUT2D eigenvalue weighted by Crippen LogP contribution is -2.62. The summed E-state index contributed by atoms with van der Waals surface area (Å²) >= 11 is 5.09. The molecule has 92 valence electrons. The molecule has 1 aliphatic rings. The van der Waals surface area contributed by atoms with Crippen molar-refractivity contribution in [3.63, 3.8) is 0 Å². The summed E-state index contributed by atoms with van der Waals surface area (Å²) in [6.07, 6.45) is -0.304. The minimum Gasteiger partial charge on any atom is -0.444 e. The van der Waals surface area contributed by atoms with E-state index in [1.165, 1.54) is 0 Å². The lowest BCUT2D eigenvalue weighted by molar-refractivity contribution is 0.00599. The molecule has 1 amide bonds. The third-order valence-electron chi connectivity index (χ3n) is 2.36. The molecule has 1 fully saturated rings. The molecule has 0 aromatic heterocycles. The number of nitrogens with zero attached hydrogens (tertiary/aromatic N) is 1. The summed E-state index contributed by atoms with van der Waals surface area (Å²) in [5.74, 6) is 0. The first-order chi connectivity index (χ1) is 7.12. The Labute approximate surface area is 102 Å². The highest BCUT2D eigenvalue weighted by atomic mass is 32.1. The van der Waals surface area contributed by atoms with E-state index < -0.39 is 5.60 Å². The zero-order valence-corrected chi connectivity index (χ0v) is 11.4. The molecule has 0 unspecified atom stereocenters. The molecule has 0 bridgehead atoms. The quantitative estimate of drug-likeness (QED) is 0.661. The van der Waals surface area contributed by atoms with E-state index in [0.717, 1.165) is 0 Å². The summed E-state index contributed by atoms with van der Waals surface area (Å²) < 4.78 is 5.36. The normalized spacial score (nSPS) is 20.3. The van der Waals surface area contributed by atoms with Crippen LogP contribution in [0, 0.1) is 0 Å². The highest BCUT2D eigenvalue weighted by Crippen LogP contribution is 2.20. The molecule has 0 aromatic rings. The van der Waals surface area contributed by atoms with Gasteiger partial charge in [-0.05, 0) is 34.6 Å². The largest absolute Gasteiger partial charge is 0.444 e. The number of thiocarbonyl (C=S) groups is 1. The Morgan fingerprint density at radius 3 is 2.56 bits per heavy atom. The number of nitrogens with one attached hydrogen (secondary N) is 1. The number of ether oxygens (including phenoxy) is 1. The molecular weight excluding hydrogens is 224 g/mol. The van der Waals surface area contributed by atoms with Crippen LogP contribution in [0.1, 0.15) is 34.6 Å². The summed E-state index contributed by atoms with van der Waals surface area (Å²) in [4.78, 5) is 14.4. The number of amides is 1. The predicted molar refractivity (Wildman–Crippen MR) is 67.6 cm³/mol. The van der Waals surface area contributed by atoms with Crippen molar-refractivity contribution in [2.24, 2.45) is 0 Å². The maximum atomic E-state index is 12.0. The van der Waals surface area contributed by atoms with E-state index in [1.54, 1.807) is 4.90 Å². The van der Waals surface area contributed by atoms with Gasteiger partial charge in [-0.1, -0.05) is 12.2 Å². The van der Waals surface area contributed by atoms with Gasteiger partial charge in [0, 0.05) is 6.54 Å². The van der Waals surface area contributed by atoms with Gasteiger partial charge in [0.2, 0.25) is 0 Å². The molecule has 1 heterocycles. The third-order valence-corrected chi connectivity index (χ3v) is 2.64. The molecule has 4 nitrogen and oxygen atoms in total. The molecule has 1 aliphatic heterocycles. The first-order valence-electron chi connectivity index (χ1n) is 5.39. The van der Waals surface area contributed by atoms with Crippen LogP contribution in [0.25, 0.3) is 0 Å². The summed E-state index contributed by atoms with van der Waals surface area (Å²) in [5.41, 5.74) is -0.746. The van der Waals surface area contributed by atoms with E-state index in [2.05, 4.69) is 5.32 Å². The molecular formula is C11H20N2O2S. The van der Waals surface area contributed by atoms with Gasteiger partial charge in [-0.3, -0.25) is 4.90 Å². The van der Waals surface area contributed by atoms with E-state index in [4.69, 9.17) is 17.0 Å². The second-order valence-electron chi connectivity index (χ2n) is 5.66. The van der Waals surface area contributed by atoms with Crippen molar-refractivity contribution in [3.05, 3.63) is 0 Å². The maximum Gasteiger partial charge on any atom is 0.411 e. The minimum atomic E-state index is -0.473. The van der Waals surface area contributed by atoms with Crippen LogP contribution in [0.15, 0.2) is 0 Å². The van der Waals surface area contributed by atoms with Crippen molar-refractivity contribution >= 4 is 23.3 Å². The number of carbonyl (C=O) groups is 1. The lowest BCUT2D eigenvalue weighted by atomic mass is 10.0. The average Bonchev–Trinajstić information content (AvgIpc) is 2.06. The molecule has 1 rings (SSSR count). The van der Waals surface area contributed by atoms with Crippen LogP contribution in [0.3, 0.4) is 0 Å². The molecule has 0 saturated carbocycles. The van der Waals surface area contributed by atoms with Gasteiger partial charge in [0.15, 0.2) is 0 Å². The van der Waals surface area contributed by atoms with Crippen LogP contribution in [0.4, 0.5) is 4.79 Å². The summed E-state index contributed by atoms with van der Waals surface area (Å²) in [7, 11) is 0. The van der Waals surface area contributed by atoms with Crippen LogP contribution in [-0.2, 0) is 4.74 Å². The zero-order valence-electron chi connectivity index (χ0n) is 10.6. The van der Waals surface area contributed by atoms with Gasteiger partial charge in [0.05, 0.1) is 17.1 Å². The average molecular weight is 244 g/mol. The fourth-order valence-corrected chi connectivity index (χ4v) is 1.65. The first kappa shape index (κ1) is 13.2. The second kappa shape index (κ2) is 4.20. The van der Waals surface area contributed by atoms with E-state index in [-0.39, 0.29) is 11.6 Å². The van der Waals surface area contributed by atoms with Crippen molar-refractivity contribution in [2.45, 2.75) is 45.8 Å². The maximum absolute atomic E-state index is 12.0. The molecule has 5 heteroatoms. The van der Waals surface area contributed by atoms with Crippen LogP contribution < -0.4 is 5.32 Å². The zero-order chi connectivity index (χ0) is 12.6. The number of piperazine rings is 1. The van der Waals surface area contributed by atoms with Crippen molar-refractivity contribution in [2.75, 3.05) is 13.1 Å². The van der Waals surface area contributed by atoms with Crippen molar-refractivity contribution < 1.29 is 9.53 Å². The van der Waals surface area contributed by atoms with E-state index in [1.807, 2.05) is 34.6 Å². The highest BCUT2D eigenvalue weighted by Gasteiger charge is 2.37. The van der Waals surface area contributed by atoms with E-state index in [0.29, 0.717) is 18.1 Å². The van der Waals surface area contributed by atoms with Gasteiger partial charge in [-0.2, -0.15) is 0 Å². The SMILES string of the molecule is CC(C)(C)OC(=O)N1CC(=S)NCC1(C)C. The molecule has 0 aliphatic carbocycles. The Balaban J connectivity index is 2.76. The molecule has 0 atom stereocenters. The van der Waals surface area contributed by atoms with E-state index in [9.17, 15) is 4.79 Å². The fourth-order valence-electron chi connectivity index (χ4n) is 1.45. The number of carbonyl (C=O) groups excluding carboxylic acids is 1. The predicted octanol–water partition coefficient (Wildman–Crippen LogP) is 1.93. The van der Waals surface area contributed by atoms with Gasteiger partial charge in [-0.25, -0.2) is 4.79 Å². The standard InChI is InChI=1S/C11H20N2O2S/c1-10(2,3)15-9(14)13-6-8(16)12-7-11(13,4)5/h6-7H2,1-5H3,(H,12,16). The fraction of sp³-hybridized carbons (Fsp3) is 0.818. The smallest absolute Gasteiger partial charge is 0.411 e. The Bertz CT molecular complexity index is 308. The topological polar surface area (TPSA) is 41.6 Å². The molecule has 1 saturated heterocycles. The number of hydrogen-bond acceptors (Lipinski definition) is 3.